The summed E-state index contributed by atoms with van der Waals surface area (Å²) in [5, 5.41) is 3.20. The van der Waals surface area contributed by atoms with E-state index in [2.05, 4.69) is 10.3 Å². The number of aryl methyl sites for hydroxylation is 1. The van der Waals surface area contributed by atoms with Crippen LogP contribution >= 0.6 is 11.8 Å². The third-order valence-electron chi connectivity index (χ3n) is 3.70. The number of nitrogens with two attached hydrogens (primary N) is 1. The number of nitrogens with one attached hydrogen (secondary N) is 1. The molecule has 0 saturated carbocycles. The van der Waals surface area contributed by atoms with E-state index < -0.39 is 0 Å². The van der Waals surface area contributed by atoms with Crippen LogP contribution in [0.2, 0.25) is 0 Å². The van der Waals surface area contributed by atoms with Crippen LogP contribution in [0.15, 0.2) is 66.0 Å². The third-order valence-corrected chi connectivity index (χ3v) is 4.79. The van der Waals surface area contributed by atoms with Crippen molar-refractivity contribution in [1.29, 1.82) is 0 Å². The Morgan fingerprint density at radius 1 is 1.20 bits per heavy atom. The van der Waals surface area contributed by atoms with Gasteiger partial charge in [-0.05, 0) is 31.5 Å². The van der Waals surface area contributed by atoms with Gasteiger partial charge in [-0.1, -0.05) is 54.2 Å². The topological polar surface area (TPSA) is 72.9 Å². The van der Waals surface area contributed by atoms with E-state index >= 15 is 0 Å². The van der Waals surface area contributed by atoms with E-state index in [4.69, 9.17) is 5.84 Å². The highest BCUT2D eigenvalue weighted by Gasteiger charge is 2.18. The largest absolute Gasteiger partial charge is 0.337 e. The molecule has 5 nitrogen and oxygen atoms in total. The number of rotatable bonds is 5. The van der Waals surface area contributed by atoms with Crippen molar-refractivity contribution < 1.29 is 4.79 Å². The molecule has 3 aromatic rings. The van der Waals surface area contributed by atoms with E-state index in [-0.39, 0.29) is 11.2 Å². The molecule has 0 aliphatic rings. The second kappa shape index (κ2) is 7.44. The Morgan fingerprint density at radius 2 is 1.96 bits per heavy atom. The number of aromatic nitrogens is 2. The van der Waals surface area contributed by atoms with Crippen LogP contribution in [0.3, 0.4) is 0 Å². The predicted octanol–water partition coefficient (Wildman–Crippen LogP) is 3.69. The number of nitrogen functional groups attached to an aromatic ring is 1. The highest BCUT2D eigenvalue weighted by Crippen LogP contribution is 2.26. The predicted molar refractivity (Wildman–Crippen MR) is 103 cm³/mol. The van der Waals surface area contributed by atoms with Crippen LogP contribution in [0.25, 0.3) is 11.3 Å². The van der Waals surface area contributed by atoms with Gasteiger partial charge in [-0.3, -0.25) is 4.79 Å². The molecule has 1 amide bonds. The Balaban J connectivity index is 1.69. The molecule has 0 radical (unpaired) electrons. The molecule has 6 heteroatoms. The molecule has 1 aromatic heterocycles. The number of carbonyl (C=O) groups excluding carboxylic acids is 1. The van der Waals surface area contributed by atoms with Gasteiger partial charge in [0.05, 0.1) is 17.1 Å². The van der Waals surface area contributed by atoms with Crippen molar-refractivity contribution >= 4 is 23.4 Å². The third kappa shape index (κ3) is 4.22. The van der Waals surface area contributed by atoms with Gasteiger partial charge in [-0.2, -0.15) is 0 Å². The molecule has 1 heterocycles. The van der Waals surface area contributed by atoms with Gasteiger partial charge in [-0.25, -0.2) is 9.66 Å². The Labute approximate surface area is 151 Å². The zero-order valence-corrected chi connectivity index (χ0v) is 15.0. The number of carbonyl (C=O) groups is 1. The number of anilines is 1. The summed E-state index contributed by atoms with van der Waals surface area (Å²) >= 11 is 1.33. The maximum Gasteiger partial charge on any atom is 0.237 e. The van der Waals surface area contributed by atoms with Gasteiger partial charge in [0.25, 0.3) is 0 Å². The van der Waals surface area contributed by atoms with Gasteiger partial charge >= 0.3 is 0 Å². The van der Waals surface area contributed by atoms with Crippen LogP contribution in [0.5, 0.6) is 0 Å². The molecular weight excluding hydrogens is 332 g/mol. The first-order valence-corrected chi connectivity index (χ1v) is 8.85. The highest BCUT2D eigenvalue weighted by atomic mass is 32.2. The quantitative estimate of drug-likeness (QED) is 0.542. The molecule has 0 aliphatic heterocycles. The molecule has 0 aliphatic carbocycles. The number of benzene rings is 2. The lowest BCUT2D eigenvalue weighted by Crippen LogP contribution is -2.23. The lowest BCUT2D eigenvalue weighted by molar-refractivity contribution is -0.115. The van der Waals surface area contributed by atoms with Crippen molar-refractivity contribution in [3.05, 3.63) is 66.4 Å². The Kier molecular flexibility index (Phi) is 5.09. The van der Waals surface area contributed by atoms with E-state index in [0.717, 1.165) is 22.5 Å². The van der Waals surface area contributed by atoms with Crippen molar-refractivity contribution in [3.8, 4) is 11.3 Å². The van der Waals surface area contributed by atoms with Crippen LogP contribution in [-0.4, -0.2) is 20.8 Å². The number of imidazole rings is 1. The zero-order chi connectivity index (χ0) is 17.8. The average molecular weight is 352 g/mol. The summed E-state index contributed by atoms with van der Waals surface area (Å²) in [5.41, 5.74) is 3.67. The summed E-state index contributed by atoms with van der Waals surface area (Å²) in [5.74, 6) is 5.92. The van der Waals surface area contributed by atoms with Gasteiger partial charge in [0.15, 0.2) is 5.16 Å². The van der Waals surface area contributed by atoms with Crippen molar-refractivity contribution in [1.82, 2.24) is 9.66 Å². The maximum absolute atomic E-state index is 12.4. The van der Waals surface area contributed by atoms with Gasteiger partial charge in [0.1, 0.15) is 0 Å². The standard InChI is InChI=1S/C19H20N4OS/c1-13-7-6-10-16(11-13)21-18(24)14(2)25-19-22-17(12-23(19)20)15-8-4-3-5-9-15/h3-12,14H,20H2,1-2H3,(H,21,24). The fourth-order valence-electron chi connectivity index (χ4n) is 2.39. The van der Waals surface area contributed by atoms with E-state index in [9.17, 15) is 4.79 Å². The zero-order valence-electron chi connectivity index (χ0n) is 14.1. The van der Waals surface area contributed by atoms with Crippen molar-refractivity contribution in [2.45, 2.75) is 24.3 Å². The molecule has 0 spiro atoms. The summed E-state index contributed by atoms with van der Waals surface area (Å²) in [6.45, 7) is 3.83. The van der Waals surface area contributed by atoms with Crippen LogP contribution < -0.4 is 11.2 Å². The normalized spacial score (nSPS) is 11.9. The Morgan fingerprint density at radius 3 is 2.68 bits per heavy atom. The molecule has 128 valence electrons. The lowest BCUT2D eigenvalue weighted by Gasteiger charge is -2.11. The van der Waals surface area contributed by atoms with Gasteiger partial charge in [0.2, 0.25) is 5.91 Å². The van der Waals surface area contributed by atoms with E-state index in [1.165, 1.54) is 16.4 Å². The summed E-state index contributed by atoms with van der Waals surface area (Å²) in [4.78, 5) is 17.0. The molecule has 3 N–H and O–H groups in total. The fraction of sp³-hybridized carbons (Fsp3) is 0.158. The van der Waals surface area contributed by atoms with Crippen molar-refractivity contribution in [2.75, 3.05) is 11.2 Å². The van der Waals surface area contributed by atoms with Crippen molar-refractivity contribution in [2.24, 2.45) is 0 Å². The Hall–Kier alpha value is -2.73. The second-order valence-electron chi connectivity index (χ2n) is 5.80. The molecule has 0 fully saturated rings. The lowest BCUT2D eigenvalue weighted by atomic mass is 10.2. The second-order valence-corrected chi connectivity index (χ2v) is 7.11. The number of nitrogens with zero attached hydrogens (tertiary/aromatic N) is 2. The molecular formula is C19H20N4OS. The minimum absolute atomic E-state index is 0.0835. The van der Waals surface area contributed by atoms with Crippen LogP contribution in [-0.2, 0) is 4.79 Å². The molecule has 0 saturated heterocycles. The van der Waals surface area contributed by atoms with E-state index in [1.807, 2.05) is 68.4 Å². The molecule has 1 atom stereocenters. The number of hydrogen-bond acceptors (Lipinski definition) is 4. The molecule has 1 unspecified atom stereocenters. The van der Waals surface area contributed by atoms with Crippen LogP contribution in [0.1, 0.15) is 12.5 Å². The monoisotopic (exact) mass is 352 g/mol. The van der Waals surface area contributed by atoms with Gasteiger partial charge in [0, 0.05) is 11.3 Å². The number of amides is 1. The number of hydrogen-bond donors (Lipinski definition) is 2. The first kappa shape index (κ1) is 17.1. The van der Waals surface area contributed by atoms with Crippen molar-refractivity contribution in [3.63, 3.8) is 0 Å². The minimum Gasteiger partial charge on any atom is -0.337 e. The van der Waals surface area contributed by atoms with E-state index in [0.29, 0.717) is 5.16 Å². The molecule has 2 aromatic carbocycles. The first-order valence-electron chi connectivity index (χ1n) is 7.97. The first-order chi connectivity index (χ1) is 12.0. The van der Waals surface area contributed by atoms with Crippen LogP contribution in [0.4, 0.5) is 5.69 Å². The molecule has 25 heavy (non-hydrogen) atoms. The van der Waals surface area contributed by atoms with Gasteiger partial charge < -0.3 is 11.2 Å². The molecule has 3 rings (SSSR count). The minimum atomic E-state index is -0.325. The Bertz CT molecular complexity index is 876. The summed E-state index contributed by atoms with van der Waals surface area (Å²) < 4.78 is 1.46. The van der Waals surface area contributed by atoms with Crippen LogP contribution in [0, 0.1) is 6.92 Å². The maximum atomic E-state index is 12.4. The summed E-state index contributed by atoms with van der Waals surface area (Å²) in [7, 11) is 0. The summed E-state index contributed by atoms with van der Waals surface area (Å²) in [6, 6.07) is 17.5. The molecule has 0 bridgehead atoms. The fourth-order valence-corrected chi connectivity index (χ4v) is 3.20. The SMILES string of the molecule is Cc1cccc(NC(=O)C(C)Sc2nc(-c3ccccc3)cn2N)c1. The average Bonchev–Trinajstić information content (AvgIpc) is 2.96. The number of thioether (sulfide) groups is 1. The van der Waals surface area contributed by atoms with E-state index in [1.54, 1.807) is 6.20 Å². The van der Waals surface area contributed by atoms with Gasteiger partial charge in [-0.15, -0.1) is 0 Å². The summed E-state index contributed by atoms with van der Waals surface area (Å²) in [6.07, 6.45) is 1.77. The smallest absolute Gasteiger partial charge is 0.237 e. The highest BCUT2D eigenvalue weighted by molar-refractivity contribution is 8.00.